The van der Waals surface area contributed by atoms with Crippen LogP contribution in [0.5, 0.6) is 0 Å². The van der Waals surface area contributed by atoms with Crippen LogP contribution in [0.1, 0.15) is 11.8 Å². The molecule has 0 fully saturated rings. The number of nitrogens with one attached hydrogen (secondary N) is 2. The largest absolute Gasteiger partial charge is 0.340 e. The first-order valence-corrected chi connectivity index (χ1v) is 6.62. The van der Waals surface area contributed by atoms with E-state index in [1.807, 2.05) is 0 Å². The summed E-state index contributed by atoms with van der Waals surface area (Å²) in [7, 11) is 1.43. The minimum atomic E-state index is -0.737. The van der Waals surface area contributed by atoms with Crippen LogP contribution >= 0.6 is 11.3 Å². The molecule has 21 heavy (non-hydrogen) atoms. The molecule has 2 rings (SSSR count). The number of hydrazone groups is 1. The van der Waals surface area contributed by atoms with Crippen molar-refractivity contribution in [3.8, 4) is 10.6 Å². The van der Waals surface area contributed by atoms with Crippen LogP contribution in [0.4, 0.5) is 13.6 Å². The van der Waals surface area contributed by atoms with E-state index in [9.17, 15) is 13.6 Å². The first-order chi connectivity index (χ1) is 10.0. The summed E-state index contributed by atoms with van der Waals surface area (Å²) in [5, 5.41) is 6.34. The monoisotopic (exact) mass is 311 g/mol. The molecule has 0 aliphatic carbocycles. The Morgan fingerprint density at radius 2 is 2.14 bits per heavy atom. The summed E-state index contributed by atoms with van der Waals surface area (Å²) in [6.45, 7) is 1.53. The molecular formula is C12H11F2N5OS. The number of thiazole rings is 1. The Morgan fingerprint density at radius 3 is 2.81 bits per heavy atom. The van der Waals surface area contributed by atoms with Gasteiger partial charge in [-0.05, 0) is 13.0 Å². The number of urea groups is 1. The normalized spacial score (nSPS) is 11.3. The zero-order valence-corrected chi connectivity index (χ0v) is 12.0. The minimum Gasteiger partial charge on any atom is -0.340 e. The Bertz CT molecular complexity index is 701. The van der Waals surface area contributed by atoms with Crippen LogP contribution in [0.15, 0.2) is 23.6 Å². The Hall–Kier alpha value is -2.42. The van der Waals surface area contributed by atoms with Crippen LogP contribution in [-0.2, 0) is 0 Å². The number of carbonyl (C=O) groups is 1. The number of hydrogen-bond donors (Lipinski definition) is 2. The molecule has 0 saturated heterocycles. The number of aromatic nitrogens is 2. The van der Waals surface area contributed by atoms with Crippen molar-refractivity contribution in [1.29, 1.82) is 0 Å². The lowest BCUT2D eigenvalue weighted by Gasteiger charge is -1.99. The molecule has 0 radical (unpaired) electrons. The maximum Gasteiger partial charge on any atom is 0.334 e. The first-order valence-electron chi connectivity index (χ1n) is 5.81. The topological polar surface area (TPSA) is 79.3 Å². The van der Waals surface area contributed by atoms with Gasteiger partial charge >= 0.3 is 6.03 Å². The zero-order chi connectivity index (χ0) is 15.4. The van der Waals surface area contributed by atoms with Crippen LogP contribution in [0.2, 0.25) is 0 Å². The van der Waals surface area contributed by atoms with Crippen LogP contribution in [-0.4, -0.2) is 28.8 Å². The summed E-state index contributed by atoms with van der Waals surface area (Å²) in [6.07, 6.45) is 2.44. The standard InChI is InChI=1S/C12H11F2N5OS/c1-6(18-19-12(20)15-2)9-10(14)17-11(21-9)7-3-8(13)5-16-4-7/h3-5H,1-2H3,(H2,15,19,20). The summed E-state index contributed by atoms with van der Waals surface area (Å²) in [5.41, 5.74) is 2.82. The predicted molar refractivity (Wildman–Crippen MR) is 75.1 cm³/mol. The Morgan fingerprint density at radius 1 is 1.38 bits per heavy atom. The molecular weight excluding hydrogens is 300 g/mol. The molecule has 2 amide bonds. The second-order valence-corrected chi connectivity index (χ2v) is 4.92. The molecule has 6 nitrogen and oxygen atoms in total. The van der Waals surface area contributed by atoms with Crippen LogP contribution in [0, 0.1) is 11.8 Å². The SMILES string of the molecule is CNC(=O)NN=C(C)c1sc(-c2cncc(F)c2)nc1F. The molecule has 2 aromatic rings. The fourth-order valence-corrected chi connectivity index (χ4v) is 2.29. The van der Waals surface area contributed by atoms with Crippen molar-refractivity contribution < 1.29 is 13.6 Å². The maximum absolute atomic E-state index is 13.8. The molecule has 9 heteroatoms. The third kappa shape index (κ3) is 3.57. The van der Waals surface area contributed by atoms with Gasteiger partial charge in [-0.3, -0.25) is 4.98 Å². The Labute approximate surface area is 122 Å². The summed E-state index contributed by atoms with van der Waals surface area (Å²) in [6, 6.07) is 0.693. The van der Waals surface area contributed by atoms with Crippen molar-refractivity contribution in [2.75, 3.05) is 7.05 Å². The number of amides is 2. The second kappa shape index (κ2) is 6.35. The van der Waals surface area contributed by atoms with E-state index in [0.29, 0.717) is 5.56 Å². The van der Waals surface area contributed by atoms with Crippen LogP contribution < -0.4 is 10.7 Å². The number of hydrogen-bond acceptors (Lipinski definition) is 5. The van der Waals surface area contributed by atoms with E-state index in [1.54, 1.807) is 0 Å². The Kier molecular flexibility index (Phi) is 4.53. The lowest BCUT2D eigenvalue weighted by Crippen LogP contribution is -2.29. The fraction of sp³-hybridized carbons (Fsp3) is 0.167. The molecule has 0 aromatic carbocycles. The Balaban J connectivity index is 2.29. The molecule has 0 aliphatic rings. The summed E-state index contributed by atoms with van der Waals surface area (Å²) in [5.74, 6) is -1.27. The average molecular weight is 311 g/mol. The van der Waals surface area contributed by atoms with Gasteiger partial charge < -0.3 is 5.32 Å². The fourth-order valence-electron chi connectivity index (χ4n) is 1.42. The van der Waals surface area contributed by atoms with Gasteiger partial charge in [0.1, 0.15) is 15.7 Å². The van der Waals surface area contributed by atoms with E-state index in [-0.39, 0.29) is 15.6 Å². The van der Waals surface area contributed by atoms with Crippen molar-refractivity contribution in [3.05, 3.63) is 35.1 Å². The van der Waals surface area contributed by atoms with E-state index < -0.39 is 17.8 Å². The van der Waals surface area contributed by atoms with E-state index in [0.717, 1.165) is 17.5 Å². The number of nitrogens with zero attached hydrogens (tertiary/aromatic N) is 3. The van der Waals surface area contributed by atoms with Gasteiger partial charge in [-0.25, -0.2) is 19.6 Å². The smallest absolute Gasteiger partial charge is 0.334 e. The van der Waals surface area contributed by atoms with Gasteiger partial charge in [-0.1, -0.05) is 0 Å². The molecule has 2 heterocycles. The third-order valence-corrected chi connectivity index (χ3v) is 3.61. The van der Waals surface area contributed by atoms with Gasteiger partial charge in [0, 0.05) is 18.8 Å². The lowest BCUT2D eigenvalue weighted by molar-refractivity contribution is 0.243. The quantitative estimate of drug-likeness (QED) is 0.673. The van der Waals surface area contributed by atoms with Gasteiger partial charge in [0.2, 0.25) is 5.95 Å². The van der Waals surface area contributed by atoms with Gasteiger partial charge in [-0.15, -0.1) is 11.3 Å². The highest BCUT2D eigenvalue weighted by atomic mass is 32.1. The van der Waals surface area contributed by atoms with Gasteiger partial charge in [0.15, 0.2) is 0 Å². The highest BCUT2D eigenvalue weighted by Gasteiger charge is 2.15. The van der Waals surface area contributed by atoms with E-state index in [1.165, 1.54) is 26.2 Å². The first kappa shape index (κ1) is 15.0. The molecule has 2 N–H and O–H groups in total. The van der Waals surface area contributed by atoms with E-state index >= 15 is 0 Å². The average Bonchev–Trinajstić information content (AvgIpc) is 2.86. The summed E-state index contributed by atoms with van der Waals surface area (Å²) < 4.78 is 26.9. The van der Waals surface area contributed by atoms with Crippen molar-refractivity contribution in [2.45, 2.75) is 6.92 Å². The summed E-state index contributed by atoms with van der Waals surface area (Å²) in [4.78, 5) is 18.6. The van der Waals surface area contributed by atoms with Crippen molar-refractivity contribution >= 4 is 23.1 Å². The minimum absolute atomic E-state index is 0.158. The third-order valence-electron chi connectivity index (χ3n) is 2.42. The van der Waals surface area contributed by atoms with E-state index in [4.69, 9.17) is 0 Å². The van der Waals surface area contributed by atoms with Crippen molar-refractivity contribution in [1.82, 2.24) is 20.7 Å². The molecule has 0 aliphatic heterocycles. The molecule has 0 spiro atoms. The molecule has 0 unspecified atom stereocenters. The number of halogens is 2. The number of rotatable bonds is 3. The lowest BCUT2D eigenvalue weighted by atomic mass is 10.3. The van der Waals surface area contributed by atoms with Gasteiger partial charge in [0.05, 0.1) is 11.9 Å². The molecule has 0 saturated carbocycles. The van der Waals surface area contributed by atoms with Crippen LogP contribution in [0.3, 0.4) is 0 Å². The maximum atomic E-state index is 13.8. The highest BCUT2D eigenvalue weighted by molar-refractivity contribution is 7.17. The van der Waals surface area contributed by atoms with Crippen LogP contribution in [0.25, 0.3) is 10.6 Å². The highest BCUT2D eigenvalue weighted by Crippen LogP contribution is 2.27. The van der Waals surface area contributed by atoms with E-state index in [2.05, 4.69) is 25.8 Å². The zero-order valence-electron chi connectivity index (χ0n) is 11.1. The molecule has 0 bridgehead atoms. The number of pyridine rings is 1. The molecule has 110 valence electrons. The van der Waals surface area contributed by atoms with Gasteiger partial charge in [-0.2, -0.15) is 9.49 Å². The predicted octanol–water partition coefficient (Wildman–Crippen LogP) is 2.14. The second-order valence-electron chi connectivity index (χ2n) is 3.92. The molecule has 2 aromatic heterocycles. The van der Waals surface area contributed by atoms with Crippen molar-refractivity contribution in [2.24, 2.45) is 5.10 Å². The number of carbonyl (C=O) groups excluding carboxylic acids is 1. The van der Waals surface area contributed by atoms with Crippen molar-refractivity contribution in [3.63, 3.8) is 0 Å². The molecule has 0 atom stereocenters. The van der Waals surface area contributed by atoms with Gasteiger partial charge in [0.25, 0.3) is 0 Å². The summed E-state index contributed by atoms with van der Waals surface area (Å²) >= 11 is 0.993.